The smallest absolute Gasteiger partial charge is 0.338 e. The molecule has 2 N–H and O–H groups in total. The Bertz CT molecular complexity index is 1350. The minimum absolute atomic E-state index is 0.0182. The van der Waals surface area contributed by atoms with Crippen molar-refractivity contribution in [3.05, 3.63) is 85.3 Å². The summed E-state index contributed by atoms with van der Waals surface area (Å²) in [5.41, 5.74) is 1.57. The molecule has 3 aromatic rings. The number of fused-ring (bicyclic) bond motifs is 1. The molecule has 0 aliphatic carbocycles. The molecule has 6 nitrogen and oxygen atoms in total. The number of halogens is 4. The Hall–Kier alpha value is -2.42. The Labute approximate surface area is 225 Å². The Kier molecular flexibility index (Phi) is 7.83. The van der Waals surface area contributed by atoms with Crippen molar-refractivity contribution in [3.63, 3.8) is 0 Å². The van der Waals surface area contributed by atoms with E-state index in [4.69, 9.17) is 46.4 Å². The van der Waals surface area contributed by atoms with E-state index in [0.717, 1.165) is 17.0 Å². The number of benzene rings is 3. The predicted octanol–water partition coefficient (Wildman–Crippen LogP) is 6.93. The number of hydrogen-bond acceptors (Lipinski definition) is 4. The van der Waals surface area contributed by atoms with Crippen molar-refractivity contribution in [1.29, 1.82) is 0 Å². The minimum Gasteiger partial charge on any atom is -0.478 e. The van der Waals surface area contributed by atoms with Crippen LogP contribution >= 0.6 is 58.2 Å². The third-order valence-corrected chi connectivity index (χ3v) is 8.17. The van der Waals surface area contributed by atoms with Gasteiger partial charge in [-0.25, -0.2) is 4.79 Å². The molecule has 0 saturated carbocycles. The molecule has 0 spiro atoms. The number of aromatic carboxylic acids is 1. The number of nitrogens with one attached hydrogen (secondary N) is 1. The summed E-state index contributed by atoms with van der Waals surface area (Å²) in [6.07, 6.45) is 0.846. The van der Waals surface area contributed by atoms with Crippen LogP contribution < -0.4 is 10.2 Å². The maximum Gasteiger partial charge on any atom is 0.338 e. The summed E-state index contributed by atoms with van der Waals surface area (Å²) in [6, 6.07) is 14.6. The highest BCUT2D eigenvalue weighted by atomic mass is 35.5. The van der Waals surface area contributed by atoms with E-state index >= 15 is 0 Å². The number of para-hydroxylation sites is 1. The second-order valence-electron chi connectivity index (χ2n) is 7.50. The van der Waals surface area contributed by atoms with Crippen LogP contribution in [0.5, 0.6) is 0 Å². The molecule has 3 aromatic carbocycles. The molecule has 2 amide bonds. The van der Waals surface area contributed by atoms with Crippen molar-refractivity contribution >= 4 is 87.3 Å². The van der Waals surface area contributed by atoms with Crippen LogP contribution in [0, 0.1) is 0 Å². The van der Waals surface area contributed by atoms with Gasteiger partial charge in [0.1, 0.15) is 0 Å². The Morgan fingerprint density at radius 3 is 2.17 bits per heavy atom. The van der Waals surface area contributed by atoms with Crippen molar-refractivity contribution in [2.75, 3.05) is 22.5 Å². The lowest BCUT2D eigenvalue weighted by Crippen LogP contribution is -2.30. The molecule has 0 radical (unpaired) electrons. The first-order valence-corrected chi connectivity index (χ1v) is 12.7. The van der Waals surface area contributed by atoms with E-state index in [1.807, 2.05) is 24.3 Å². The lowest BCUT2D eigenvalue weighted by atomic mass is 10.1. The molecule has 0 aromatic heterocycles. The van der Waals surface area contributed by atoms with Gasteiger partial charge in [-0.3, -0.25) is 9.59 Å². The van der Waals surface area contributed by atoms with Crippen LogP contribution in [0.3, 0.4) is 0 Å². The summed E-state index contributed by atoms with van der Waals surface area (Å²) >= 11 is 25.4. The molecule has 1 aliphatic rings. The number of anilines is 2. The summed E-state index contributed by atoms with van der Waals surface area (Å²) in [5.74, 6) is -2.00. The Morgan fingerprint density at radius 1 is 0.886 bits per heavy atom. The highest BCUT2D eigenvalue weighted by Gasteiger charge is 2.29. The lowest BCUT2D eigenvalue weighted by Gasteiger charge is -2.17. The minimum atomic E-state index is -1.47. The molecule has 180 valence electrons. The van der Waals surface area contributed by atoms with Crippen molar-refractivity contribution < 1.29 is 19.5 Å². The SMILES string of the molecule is O=C(O)c1c(Cl)c(Cl)c(Cl)c(Cl)c1C(=O)Nc1ccc(SCC(=O)N2CCc3ccccc32)cc1. The molecule has 0 saturated heterocycles. The molecule has 35 heavy (non-hydrogen) atoms. The predicted molar refractivity (Wildman–Crippen MR) is 141 cm³/mol. The van der Waals surface area contributed by atoms with E-state index in [-0.39, 0.29) is 31.8 Å². The first-order chi connectivity index (χ1) is 16.7. The molecule has 0 atom stereocenters. The lowest BCUT2D eigenvalue weighted by molar-refractivity contribution is -0.116. The standard InChI is InChI=1S/C24H16Cl4N2O4S/c25-19-17(18(24(33)34)20(26)22(28)21(19)27)23(32)29-13-5-7-14(8-6-13)35-11-16(31)30-10-9-12-3-1-2-4-15(12)30/h1-8H,9-11H2,(H,29,32)(H,33,34). The van der Waals surface area contributed by atoms with Gasteiger partial charge in [-0.1, -0.05) is 64.6 Å². The van der Waals surface area contributed by atoms with E-state index in [0.29, 0.717) is 12.2 Å². The van der Waals surface area contributed by atoms with Gasteiger partial charge >= 0.3 is 5.97 Å². The zero-order valence-electron chi connectivity index (χ0n) is 17.8. The number of carbonyl (C=O) groups excluding carboxylic acids is 2. The van der Waals surface area contributed by atoms with E-state index in [2.05, 4.69) is 5.32 Å². The van der Waals surface area contributed by atoms with Crippen molar-refractivity contribution in [2.45, 2.75) is 11.3 Å². The van der Waals surface area contributed by atoms with Gasteiger partial charge in [-0.2, -0.15) is 0 Å². The summed E-state index contributed by atoms with van der Waals surface area (Å²) < 4.78 is 0. The van der Waals surface area contributed by atoms with Gasteiger partial charge in [-0.15, -0.1) is 11.8 Å². The Balaban J connectivity index is 1.44. The van der Waals surface area contributed by atoms with Gasteiger partial charge < -0.3 is 15.3 Å². The molecule has 1 aliphatic heterocycles. The zero-order valence-corrected chi connectivity index (χ0v) is 21.6. The topological polar surface area (TPSA) is 86.7 Å². The van der Waals surface area contributed by atoms with Crippen LogP contribution in [-0.4, -0.2) is 35.2 Å². The maximum atomic E-state index is 12.8. The molecule has 1 heterocycles. The number of carboxylic acids is 1. The zero-order chi connectivity index (χ0) is 25.3. The van der Waals surface area contributed by atoms with Gasteiger partial charge in [0.2, 0.25) is 5.91 Å². The van der Waals surface area contributed by atoms with E-state index in [1.54, 1.807) is 29.2 Å². The van der Waals surface area contributed by atoms with Crippen LogP contribution in [0.25, 0.3) is 0 Å². The van der Waals surface area contributed by atoms with Gasteiger partial charge in [0, 0.05) is 22.8 Å². The monoisotopic (exact) mass is 568 g/mol. The fourth-order valence-electron chi connectivity index (χ4n) is 3.69. The third kappa shape index (κ3) is 5.25. The van der Waals surface area contributed by atoms with Crippen LogP contribution in [0.2, 0.25) is 20.1 Å². The Morgan fingerprint density at radius 2 is 1.51 bits per heavy atom. The summed E-state index contributed by atoms with van der Waals surface area (Å²) in [4.78, 5) is 39.9. The highest BCUT2D eigenvalue weighted by Crippen LogP contribution is 2.42. The van der Waals surface area contributed by atoms with Crippen molar-refractivity contribution in [1.82, 2.24) is 0 Å². The molecule has 11 heteroatoms. The van der Waals surface area contributed by atoms with Gasteiger partial charge in [-0.05, 0) is 42.3 Å². The fourth-order valence-corrected chi connectivity index (χ4v) is 5.49. The number of amides is 2. The first kappa shape index (κ1) is 25.7. The molecule has 0 fully saturated rings. The summed E-state index contributed by atoms with van der Waals surface area (Å²) in [6.45, 7) is 0.670. The van der Waals surface area contributed by atoms with E-state index < -0.39 is 23.0 Å². The van der Waals surface area contributed by atoms with Gasteiger partial charge in [0.15, 0.2) is 0 Å². The van der Waals surface area contributed by atoms with Crippen molar-refractivity contribution in [2.24, 2.45) is 0 Å². The number of carboxylic acid groups (broad SMARTS) is 1. The second kappa shape index (κ2) is 10.7. The molecule has 0 bridgehead atoms. The second-order valence-corrected chi connectivity index (χ2v) is 10.1. The largest absolute Gasteiger partial charge is 0.478 e. The number of thioether (sulfide) groups is 1. The number of nitrogens with zero attached hydrogens (tertiary/aromatic N) is 1. The van der Waals surface area contributed by atoms with Crippen molar-refractivity contribution in [3.8, 4) is 0 Å². The fraction of sp³-hybridized carbons (Fsp3) is 0.125. The summed E-state index contributed by atoms with van der Waals surface area (Å²) in [5, 5.41) is 10.9. The number of rotatable bonds is 6. The summed E-state index contributed by atoms with van der Waals surface area (Å²) in [7, 11) is 0. The number of hydrogen-bond donors (Lipinski definition) is 2. The molecule has 4 rings (SSSR count). The van der Waals surface area contributed by atoms with E-state index in [1.165, 1.54) is 17.3 Å². The first-order valence-electron chi connectivity index (χ1n) is 10.2. The maximum absolute atomic E-state index is 12.8. The van der Waals surface area contributed by atoms with Gasteiger partial charge in [0.05, 0.1) is 37.0 Å². The number of carbonyl (C=O) groups is 3. The quantitative estimate of drug-likeness (QED) is 0.191. The highest BCUT2D eigenvalue weighted by molar-refractivity contribution is 8.00. The average molecular weight is 570 g/mol. The molecule has 0 unspecified atom stereocenters. The van der Waals surface area contributed by atoms with Gasteiger partial charge in [0.25, 0.3) is 5.91 Å². The molecular weight excluding hydrogens is 554 g/mol. The third-order valence-electron chi connectivity index (χ3n) is 5.37. The van der Waals surface area contributed by atoms with Crippen LogP contribution in [0.4, 0.5) is 11.4 Å². The van der Waals surface area contributed by atoms with Crippen LogP contribution in [-0.2, 0) is 11.2 Å². The molecular formula is C24H16Cl4N2O4S. The van der Waals surface area contributed by atoms with Crippen LogP contribution in [0.1, 0.15) is 26.3 Å². The normalized spacial score (nSPS) is 12.4. The van der Waals surface area contributed by atoms with E-state index in [9.17, 15) is 19.5 Å². The van der Waals surface area contributed by atoms with Crippen LogP contribution in [0.15, 0.2) is 53.4 Å². The average Bonchev–Trinajstić information content (AvgIpc) is 3.28.